The van der Waals surface area contributed by atoms with Crippen LogP contribution in [0.15, 0.2) is 12.1 Å². The zero-order valence-corrected chi connectivity index (χ0v) is 12.7. The molecule has 1 aromatic carbocycles. The van der Waals surface area contributed by atoms with E-state index in [0.717, 1.165) is 6.54 Å². The van der Waals surface area contributed by atoms with Gasteiger partial charge >= 0.3 is 5.97 Å². The molecule has 1 amide bonds. The number of carbonyl (C=O) groups is 2. The highest BCUT2D eigenvalue weighted by molar-refractivity contribution is 6.37. The van der Waals surface area contributed by atoms with Gasteiger partial charge in [-0.05, 0) is 25.6 Å². The minimum atomic E-state index is -1.20. The van der Waals surface area contributed by atoms with Crippen molar-refractivity contribution in [2.24, 2.45) is 0 Å². The molecule has 1 unspecified atom stereocenters. The van der Waals surface area contributed by atoms with Gasteiger partial charge in [-0.15, -0.1) is 0 Å². The Morgan fingerprint density at radius 1 is 1.35 bits per heavy atom. The third-order valence-corrected chi connectivity index (χ3v) is 3.11. The van der Waals surface area contributed by atoms with Gasteiger partial charge in [0.15, 0.2) is 0 Å². The molecule has 110 valence electrons. The second kappa shape index (κ2) is 7.47. The van der Waals surface area contributed by atoms with Crippen molar-refractivity contribution in [3.8, 4) is 0 Å². The first-order valence-corrected chi connectivity index (χ1v) is 6.86. The lowest BCUT2D eigenvalue weighted by atomic mass is 10.1. The summed E-state index contributed by atoms with van der Waals surface area (Å²) >= 11 is 11.7. The van der Waals surface area contributed by atoms with Crippen molar-refractivity contribution in [2.45, 2.75) is 26.3 Å². The van der Waals surface area contributed by atoms with Crippen LogP contribution in [0.3, 0.4) is 0 Å². The summed E-state index contributed by atoms with van der Waals surface area (Å²) in [5.74, 6) is -1.52. The second-order valence-corrected chi connectivity index (χ2v) is 5.17. The fraction of sp³-hybridized carbons (Fsp3) is 0.385. The number of anilines is 1. The molecule has 1 rings (SSSR count). The Balaban J connectivity index is 2.91. The Kier molecular flexibility index (Phi) is 6.26. The maximum Gasteiger partial charge on any atom is 0.337 e. The van der Waals surface area contributed by atoms with Crippen LogP contribution in [0, 0.1) is 0 Å². The summed E-state index contributed by atoms with van der Waals surface area (Å²) in [7, 11) is 0. The quantitative estimate of drug-likeness (QED) is 0.753. The molecule has 0 bridgehead atoms. The molecule has 0 saturated heterocycles. The molecule has 0 heterocycles. The average Bonchev–Trinajstić information content (AvgIpc) is 2.32. The number of carboxylic acids is 1. The lowest BCUT2D eigenvalue weighted by molar-refractivity contribution is -0.116. The van der Waals surface area contributed by atoms with Crippen LogP contribution in [0.2, 0.25) is 10.0 Å². The molecule has 0 spiro atoms. The van der Waals surface area contributed by atoms with Gasteiger partial charge in [-0.25, -0.2) is 4.79 Å². The molecule has 3 N–H and O–H groups in total. The van der Waals surface area contributed by atoms with E-state index in [1.165, 1.54) is 12.1 Å². The predicted molar refractivity (Wildman–Crippen MR) is 79.8 cm³/mol. The molecule has 0 aliphatic heterocycles. The average molecular weight is 319 g/mol. The van der Waals surface area contributed by atoms with E-state index in [1.54, 1.807) is 0 Å². The van der Waals surface area contributed by atoms with Gasteiger partial charge < -0.3 is 15.7 Å². The van der Waals surface area contributed by atoms with Crippen molar-refractivity contribution in [3.63, 3.8) is 0 Å². The van der Waals surface area contributed by atoms with E-state index in [4.69, 9.17) is 28.3 Å². The third-order valence-electron chi connectivity index (χ3n) is 2.59. The largest absolute Gasteiger partial charge is 0.478 e. The molecular weight excluding hydrogens is 303 g/mol. The first-order chi connectivity index (χ1) is 9.35. The molecule has 5 nitrogen and oxygen atoms in total. The Morgan fingerprint density at radius 3 is 2.55 bits per heavy atom. The maximum atomic E-state index is 11.9. The van der Waals surface area contributed by atoms with Gasteiger partial charge in [-0.3, -0.25) is 4.79 Å². The summed E-state index contributed by atoms with van der Waals surface area (Å²) in [5.41, 5.74) is -0.0655. The predicted octanol–water partition coefficient (Wildman–Crippen LogP) is 3.02. The molecule has 1 aromatic rings. The second-order valence-electron chi connectivity index (χ2n) is 4.33. The van der Waals surface area contributed by atoms with Crippen LogP contribution in [0.4, 0.5) is 5.69 Å². The summed E-state index contributed by atoms with van der Waals surface area (Å²) in [6.45, 7) is 4.55. The summed E-state index contributed by atoms with van der Waals surface area (Å²) in [6.07, 6.45) is 0.214. The molecule has 0 aliphatic rings. The van der Waals surface area contributed by atoms with Gasteiger partial charge in [-0.1, -0.05) is 30.1 Å². The molecule has 0 aliphatic carbocycles. The normalized spacial score (nSPS) is 12.0. The highest BCUT2D eigenvalue weighted by Crippen LogP contribution is 2.30. The third kappa shape index (κ3) is 4.67. The molecule has 0 aromatic heterocycles. The summed E-state index contributed by atoms with van der Waals surface area (Å²) < 4.78 is 0. The zero-order chi connectivity index (χ0) is 15.3. The van der Waals surface area contributed by atoms with Crippen LogP contribution >= 0.6 is 23.2 Å². The number of hydrogen-bond acceptors (Lipinski definition) is 3. The monoisotopic (exact) mass is 318 g/mol. The van der Waals surface area contributed by atoms with Crippen molar-refractivity contribution in [1.82, 2.24) is 5.32 Å². The number of nitrogens with one attached hydrogen (secondary N) is 2. The van der Waals surface area contributed by atoms with Crippen LogP contribution in [0.25, 0.3) is 0 Å². The lowest BCUT2D eigenvalue weighted by Crippen LogP contribution is -2.30. The van der Waals surface area contributed by atoms with Gasteiger partial charge in [0.25, 0.3) is 0 Å². The summed E-state index contributed by atoms with van der Waals surface area (Å²) in [4.78, 5) is 23.0. The number of carbonyl (C=O) groups excluding carboxylic acids is 1. The lowest BCUT2D eigenvalue weighted by Gasteiger charge is -2.14. The topological polar surface area (TPSA) is 78.4 Å². The number of carboxylic acid groups (broad SMARTS) is 1. The zero-order valence-electron chi connectivity index (χ0n) is 11.2. The smallest absolute Gasteiger partial charge is 0.337 e. The van der Waals surface area contributed by atoms with E-state index >= 15 is 0 Å². The van der Waals surface area contributed by atoms with Crippen molar-refractivity contribution < 1.29 is 14.7 Å². The number of aromatic carboxylic acids is 1. The van der Waals surface area contributed by atoms with Gasteiger partial charge in [0.2, 0.25) is 5.91 Å². The summed E-state index contributed by atoms with van der Waals surface area (Å²) in [5, 5.41) is 15.0. The molecule has 7 heteroatoms. The fourth-order valence-electron chi connectivity index (χ4n) is 1.76. The van der Waals surface area contributed by atoms with Gasteiger partial charge in [0.1, 0.15) is 0 Å². The Bertz CT molecular complexity index is 521. The number of amides is 1. The number of rotatable bonds is 6. The van der Waals surface area contributed by atoms with Crippen molar-refractivity contribution >= 4 is 40.8 Å². The molecule has 0 radical (unpaired) electrons. The van der Waals surface area contributed by atoms with E-state index in [1.807, 2.05) is 13.8 Å². The number of benzene rings is 1. The van der Waals surface area contributed by atoms with E-state index < -0.39 is 5.97 Å². The van der Waals surface area contributed by atoms with Crippen LogP contribution in [-0.4, -0.2) is 29.6 Å². The standard InChI is InChI=1S/C13H16Cl2N2O3/c1-3-16-7(2)4-11(18)17-12-9(13(19)20)5-8(14)6-10(12)15/h5-7,16H,3-4H2,1-2H3,(H,17,18)(H,19,20). The van der Waals surface area contributed by atoms with Crippen LogP contribution < -0.4 is 10.6 Å². The van der Waals surface area contributed by atoms with Crippen molar-refractivity contribution in [1.29, 1.82) is 0 Å². The first kappa shape index (κ1) is 16.8. The molecule has 1 atom stereocenters. The number of hydrogen-bond donors (Lipinski definition) is 3. The number of halogens is 2. The highest BCUT2D eigenvalue weighted by atomic mass is 35.5. The van der Waals surface area contributed by atoms with Crippen LogP contribution in [-0.2, 0) is 4.79 Å². The Morgan fingerprint density at radius 2 is 2.00 bits per heavy atom. The van der Waals surface area contributed by atoms with Crippen LogP contribution in [0.5, 0.6) is 0 Å². The van der Waals surface area contributed by atoms with E-state index in [-0.39, 0.29) is 39.7 Å². The fourth-order valence-corrected chi connectivity index (χ4v) is 2.30. The first-order valence-electron chi connectivity index (χ1n) is 6.10. The van der Waals surface area contributed by atoms with Gasteiger partial charge in [-0.2, -0.15) is 0 Å². The van der Waals surface area contributed by atoms with Crippen molar-refractivity contribution in [3.05, 3.63) is 27.7 Å². The van der Waals surface area contributed by atoms with Gasteiger partial charge in [0.05, 0.1) is 16.3 Å². The molecule has 0 fully saturated rings. The van der Waals surface area contributed by atoms with Crippen molar-refractivity contribution in [2.75, 3.05) is 11.9 Å². The Hall–Kier alpha value is -1.30. The molecule has 20 heavy (non-hydrogen) atoms. The van der Waals surface area contributed by atoms with Gasteiger partial charge in [0, 0.05) is 17.5 Å². The molecular formula is C13H16Cl2N2O3. The van der Waals surface area contributed by atoms with E-state index in [9.17, 15) is 9.59 Å². The highest BCUT2D eigenvalue weighted by Gasteiger charge is 2.18. The SMILES string of the molecule is CCNC(C)CC(=O)Nc1c(Cl)cc(Cl)cc1C(=O)O. The maximum absolute atomic E-state index is 11.9. The minimum absolute atomic E-state index is 0.0145. The van der Waals surface area contributed by atoms with E-state index in [0.29, 0.717) is 0 Å². The minimum Gasteiger partial charge on any atom is -0.478 e. The van der Waals surface area contributed by atoms with E-state index in [2.05, 4.69) is 10.6 Å². The van der Waals surface area contributed by atoms with Crippen LogP contribution in [0.1, 0.15) is 30.6 Å². The Labute approximate surface area is 127 Å². The summed E-state index contributed by atoms with van der Waals surface area (Å²) in [6, 6.07) is 2.62. The molecule has 0 saturated carbocycles.